The van der Waals surface area contributed by atoms with E-state index in [1.54, 1.807) is 0 Å². The molecular weight excluding hydrogens is 287 g/mol. The van der Waals surface area contributed by atoms with Crippen molar-refractivity contribution in [2.45, 2.75) is 76.8 Å². The molecule has 0 aromatic heterocycles. The number of alkyl halides is 5. The molecule has 0 amide bonds. The van der Waals surface area contributed by atoms with Gasteiger partial charge in [-0.25, -0.2) is 8.78 Å². The SMILES string of the molecule is CC1CCC(C2CC(F)C(CCC(F)(F)F)C(F)C2)CC1. The van der Waals surface area contributed by atoms with E-state index in [0.717, 1.165) is 25.7 Å². The molecule has 0 aromatic carbocycles. The zero-order valence-electron chi connectivity index (χ0n) is 12.5. The molecule has 2 saturated carbocycles. The Bertz CT molecular complexity index is 307. The standard InChI is InChI=1S/C16H25F5/c1-10-2-4-11(5-3-10)12-8-14(17)13(15(18)9-12)6-7-16(19,20)21/h10-15H,2-9H2,1H3. The van der Waals surface area contributed by atoms with Crippen LogP contribution in [-0.2, 0) is 0 Å². The first-order chi connectivity index (χ1) is 9.76. The summed E-state index contributed by atoms with van der Waals surface area (Å²) in [7, 11) is 0. The van der Waals surface area contributed by atoms with Crippen LogP contribution in [0.4, 0.5) is 22.0 Å². The Morgan fingerprint density at radius 3 is 1.86 bits per heavy atom. The first kappa shape index (κ1) is 17.0. The molecule has 2 aliphatic rings. The van der Waals surface area contributed by atoms with Crippen molar-refractivity contribution in [1.29, 1.82) is 0 Å². The van der Waals surface area contributed by atoms with Gasteiger partial charge in [0.05, 0.1) is 0 Å². The molecule has 0 aliphatic heterocycles. The second-order valence-corrected chi connectivity index (χ2v) is 7.10. The van der Waals surface area contributed by atoms with Gasteiger partial charge in [0.15, 0.2) is 0 Å². The van der Waals surface area contributed by atoms with Crippen molar-refractivity contribution >= 4 is 0 Å². The largest absolute Gasteiger partial charge is 0.389 e. The predicted octanol–water partition coefficient (Wildman–Crippen LogP) is 5.86. The van der Waals surface area contributed by atoms with Gasteiger partial charge in [-0.1, -0.05) is 19.8 Å². The molecule has 0 aromatic rings. The van der Waals surface area contributed by atoms with Crippen molar-refractivity contribution in [3.8, 4) is 0 Å². The van der Waals surface area contributed by atoms with E-state index in [4.69, 9.17) is 0 Å². The fraction of sp³-hybridized carbons (Fsp3) is 1.00. The Balaban J connectivity index is 1.86. The Labute approximate surface area is 123 Å². The molecule has 0 spiro atoms. The molecule has 0 N–H and O–H groups in total. The molecule has 0 heterocycles. The van der Waals surface area contributed by atoms with E-state index in [1.165, 1.54) is 0 Å². The second kappa shape index (κ2) is 6.82. The molecule has 21 heavy (non-hydrogen) atoms. The van der Waals surface area contributed by atoms with Gasteiger partial charge in [0.25, 0.3) is 0 Å². The monoisotopic (exact) mass is 312 g/mol. The highest BCUT2D eigenvalue weighted by Crippen LogP contribution is 2.44. The van der Waals surface area contributed by atoms with Crippen molar-refractivity contribution in [3.63, 3.8) is 0 Å². The van der Waals surface area contributed by atoms with Gasteiger partial charge >= 0.3 is 6.18 Å². The van der Waals surface area contributed by atoms with Gasteiger partial charge < -0.3 is 0 Å². The van der Waals surface area contributed by atoms with E-state index in [-0.39, 0.29) is 18.8 Å². The van der Waals surface area contributed by atoms with E-state index in [0.29, 0.717) is 11.8 Å². The van der Waals surface area contributed by atoms with Crippen LogP contribution in [0, 0.1) is 23.7 Å². The van der Waals surface area contributed by atoms with Crippen LogP contribution >= 0.6 is 0 Å². The maximum absolute atomic E-state index is 14.1. The quantitative estimate of drug-likeness (QED) is 0.573. The van der Waals surface area contributed by atoms with E-state index in [2.05, 4.69) is 6.92 Å². The van der Waals surface area contributed by atoms with E-state index in [9.17, 15) is 22.0 Å². The highest BCUT2D eigenvalue weighted by atomic mass is 19.4. The molecule has 2 atom stereocenters. The average Bonchev–Trinajstić information content (AvgIpc) is 2.37. The number of rotatable bonds is 3. The molecular formula is C16H25F5. The molecule has 2 unspecified atom stereocenters. The third-order valence-corrected chi connectivity index (χ3v) is 5.47. The summed E-state index contributed by atoms with van der Waals surface area (Å²) in [5, 5.41) is 0. The minimum atomic E-state index is -4.32. The third-order valence-electron chi connectivity index (χ3n) is 5.47. The van der Waals surface area contributed by atoms with Crippen molar-refractivity contribution in [2.75, 3.05) is 0 Å². The van der Waals surface area contributed by atoms with Gasteiger partial charge in [0.2, 0.25) is 0 Å². The highest BCUT2D eigenvalue weighted by Gasteiger charge is 2.42. The predicted molar refractivity (Wildman–Crippen MR) is 72.4 cm³/mol. The van der Waals surface area contributed by atoms with Crippen LogP contribution in [0.3, 0.4) is 0 Å². The lowest BCUT2D eigenvalue weighted by molar-refractivity contribution is -0.141. The number of halogens is 5. The van der Waals surface area contributed by atoms with Crippen molar-refractivity contribution < 1.29 is 22.0 Å². The van der Waals surface area contributed by atoms with E-state index < -0.39 is 37.3 Å². The molecule has 2 fully saturated rings. The van der Waals surface area contributed by atoms with Crippen LogP contribution in [-0.4, -0.2) is 18.5 Å². The third kappa shape index (κ3) is 4.82. The van der Waals surface area contributed by atoms with Crippen molar-refractivity contribution in [1.82, 2.24) is 0 Å². The summed E-state index contributed by atoms with van der Waals surface area (Å²) >= 11 is 0. The minimum Gasteiger partial charge on any atom is -0.247 e. The lowest BCUT2D eigenvalue weighted by Crippen LogP contribution is -2.39. The fourth-order valence-corrected chi connectivity index (χ4v) is 4.09. The van der Waals surface area contributed by atoms with Crippen LogP contribution in [0.1, 0.15) is 58.3 Å². The maximum Gasteiger partial charge on any atom is 0.389 e. The van der Waals surface area contributed by atoms with Crippen LogP contribution in [0.25, 0.3) is 0 Å². The molecule has 0 saturated heterocycles. The molecule has 0 nitrogen and oxygen atoms in total. The second-order valence-electron chi connectivity index (χ2n) is 7.10. The van der Waals surface area contributed by atoms with Gasteiger partial charge in [-0.2, -0.15) is 13.2 Å². The van der Waals surface area contributed by atoms with Crippen LogP contribution < -0.4 is 0 Å². The summed E-state index contributed by atoms with van der Waals surface area (Å²) in [6, 6.07) is 0. The molecule has 2 rings (SSSR count). The van der Waals surface area contributed by atoms with Gasteiger partial charge in [-0.05, 0) is 49.9 Å². The summed E-state index contributed by atoms with van der Waals surface area (Å²) in [6.45, 7) is 2.19. The topological polar surface area (TPSA) is 0 Å². The van der Waals surface area contributed by atoms with Crippen LogP contribution in [0.5, 0.6) is 0 Å². The number of hydrogen-bond acceptors (Lipinski definition) is 0. The van der Waals surface area contributed by atoms with Crippen LogP contribution in [0.15, 0.2) is 0 Å². The fourth-order valence-electron chi connectivity index (χ4n) is 4.09. The van der Waals surface area contributed by atoms with Crippen molar-refractivity contribution in [2.24, 2.45) is 23.7 Å². The lowest BCUT2D eigenvalue weighted by atomic mass is 9.67. The van der Waals surface area contributed by atoms with Gasteiger partial charge in [-0.15, -0.1) is 0 Å². The Morgan fingerprint density at radius 1 is 0.857 bits per heavy atom. The van der Waals surface area contributed by atoms with E-state index >= 15 is 0 Å². The molecule has 0 radical (unpaired) electrons. The normalized spacial score (nSPS) is 42.0. The summed E-state index contributed by atoms with van der Waals surface area (Å²) in [6.07, 6.45) is -3.92. The van der Waals surface area contributed by atoms with Crippen LogP contribution in [0.2, 0.25) is 0 Å². The molecule has 124 valence electrons. The first-order valence-electron chi connectivity index (χ1n) is 8.11. The summed E-state index contributed by atoms with van der Waals surface area (Å²) < 4.78 is 65.0. The first-order valence-corrected chi connectivity index (χ1v) is 8.11. The summed E-state index contributed by atoms with van der Waals surface area (Å²) in [5.74, 6) is 0.00279. The zero-order valence-corrected chi connectivity index (χ0v) is 12.5. The van der Waals surface area contributed by atoms with Gasteiger partial charge in [0.1, 0.15) is 12.3 Å². The summed E-state index contributed by atoms with van der Waals surface area (Å²) in [5.41, 5.74) is 0. The Hall–Kier alpha value is -0.350. The summed E-state index contributed by atoms with van der Waals surface area (Å²) in [4.78, 5) is 0. The number of hydrogen-bond donors (Lipinski definition) is 0. The Morgan fingerprint density at radius 2 is 1.38 bits per heavy atom. The molecule has 5 heteroatoms. The minimum absolute atomic E-state index is 0.0182. The maximum atomic E-state index is 14.1. The zero-order chi connectivity index (χ0) is 15.6. The van der Waals surface area contributed by atoms with Gasteiger partial charge in [-0.3, -0.25) is 0 Å². The van der Waals surface area contributed by atoms with Crippen molar-refractivity contribution in [3.05, 3.63) is 0 Å². The smallest absolute Gasteiger partial charge is 0.247 e. The Kier molecular flexibility index (Phi) is 5.53. The highest BCUT2D eigenvalue weighted by molar-refractivity contribution is 4.90. The van der Waals surface area contributed by atoms with Gasteiger partial charge in [0, 0.05) is 12.3 Å². The molecule has 0 bridgehead atoms. The van der Waals surface area contributed by atoms with E-state index in [1.807, 2.05) is 0 Å². The molecule has 2 aliphatic carbocycles. The lowest BCUT2D eigenvalue weighted by Gasteiger charge is -2.40. The average molecular weight is 312 g/mol.